The van der Waals surface area contributed by atoms with E-state index in [0.717, 1.165) is 24.5 Å². The minimum Gasteiger partial charge on any atom is -0.492 e. The van der Waals surface area contributed by atoms with E-state index in [9.17, 15) is 18.0 Å². The molecule has 2 aromatic carbocycles. The van der Waals surface area contributed by atoms with E-state index in [1.807, 2.05) is 0 Å². The molecule has 3 aromatic rings. The Hall–Kier alpha value is -3.00. The Morgan fingerprint density at radius 1 is 1.21 bits per heavy atom. The molecule has 1 heterocycles. The number of aryl methyl sites for hydroxylation is 2. The van der Waals surface area contributed by atoms with Gasteiger partial charge in [-0.05, 0) is 85.2 Å². The number of imidazole rings is 1. The number of carbonyl (C=O) groups is 1. The van der Waals surface area contributed by atoms with Gasteiger partial charge in [-0.1, -0.05) is 6.07 Å². The van der Waals surface area contributed by atoms with Gasteiger partial charge in [-0.15, -0.1) is 0 Å². The van der Waals surface area contributed by atoms with Crippen LogP contribution in [0.25, 0.3) is 0 Å². The van der Waals surface area contributed by atoms with E-state index >= 15 is 0 Å². The molecule has 0 atom stereocenters. The van der Waals surface area contributed by atoms with Crippen LogP contribution >= 0.6 is 11.6 Å². The number of amides is 1. The average Bonchev–Trinajstić information content (AvgIpc) is 3.49. The summed E-state index contributed by atoms with van der Waals surface area (Å²) in [7, 11) is 0. The highest BCUT2D eigenvalue weighted by atomic mass is 35.5. The minimum atomic E-state index is -4.56. The Bertz CT molecular complexity index is 1160. The van der Waals surface area contributed by atoms with Crippen LogP contribution in [0.15, 0.2) is 42.7 Å². The first-order chi connectivity index (χ1) is 15.6. The number of benzene rings is 2. The van der Waals surface area contributed by atoms with Gasteiger partial charge in [0, 0.05) is 18.0 Å². The smallest absolute Gasteiger partial charge is 0.418 e. The van der Waals surface area contributed by atoms with E-state index in [0.29, 0.717) is 40.9 Å². The number of rotatable bonds is 7. The van der Waals surface area contributed by atoms with Crippen molar-refractivity contribution in [1.82, 2.24) is 9.55 Å². The van der Waals surface area contributed by atoms with Crippen LogP contribution in [0.2, 0.25) is 5.28 Å². The zero-order valence-electron chi connectivity index (χ0n) is 18.2. The van der Waals surface area contributed by atoms with Gasteiger partial charge >= 0.3 is 6.18 Å². The van der Waals surface area contributed by atoms with Crippen LogP contribution in [-0.4, -0.2) is 22.1 Å². The second-order valence-corrected chi connectivity index (χ2v) is 8.54. The van der Waals surface area contributed by atoms with Crippen molar-refractivity contribution >= 4 is 23.2 Å². The van der Waals surface area contributed by atoms with Crippen molar-refractivity contribution in [3.8, 4) is 5.75 Å². The second-order valence-electron chi connectivity index (χ2n) is 8.20. The number of carbonyl (C=O) groups excluding carboxylic acids is 1. The molecule has 0 saturated heterocycles. The summed E-state index contributed by atoms with van der Waals surface area (Å²) in [6.45, 7) is 4.29. The number of nitrogens with one attached hydrogen (secondary N) is 1. The fraction of sp³-hybridized carbons (Fsp3) is 0.333. The first kappa shape index (κ1) is 23.2. The molecule has 0 aliphatic heterocycles. The maximum Gasteiger partial charge on any atom is 0.418 e. The molecule has 4 rings (SSSR count). The largest absolute Gasteiger partial charge is 0.492 e. The number of anilines is 1. The van der Waals surface area contributed by atoms with E-state index in [4.69, 9.17) is 16.3 Å². The standard InChI is InChI=1S/C24H23ClF3N3O2/c1-14-11-18(33-10-9-31-8-7-29-23(31)25)12-15(2)21(14)22(32)30-20-13-17(16-3-4-16)5-6-19(20)24(26,27)28/h5-8,11-13,16H,3-4,9-10H2,1-2H3,(H,30,32). The maximum absolute atomic E-state index is 13.5. The molecule has 0 unspecified atom stereocenters. The minimum absolute atomic E-state index is 0.215. The summed E-state index contributed by atoms with van der Waals surface area (Å²) >= 11 is 5.95. The van der Waals surface area contributed by atoms with E-state index in [-0.39, 0.29) is 11.6 Å². The van der Waals surface area contributed by atoms with Crippen molar-refractivity contribution < 1.29 is 22.7 Å². The molecule has 1 saturated carbocycles. The van der Waals surface area contributed by atoms with Crippen LogP contribution in [0.3, 0.4) is 0 Å². The molecule has 33 heavy (non-hydrogen) atoms. The highest BCUT2D eigenvalue weighted by Crippen LogP contribution is 2.43. The number of nitrogens with zero attached hydrogens (tertiary/aromatic N) is 2. The number of ether oxygens (including phenoxy) is 1. The van der Waals surface area contributed by atoms with Crippen molar-refractivity contribution in [2.45, 2.75) is 45.3 Å². The lowest BCUT2D eigenvalue weighted by molar-refractivity contribution is -0.136. The SMILES string of the molecule is Cc1cc(OCCn2ccnc2Cl)cc(C)c1C(=O)Nc1cc(C2CC2)ccc1C(F)(F)F. The third-order valence-corrected chi connectivity index (χ3v) is 5.96. The molecule has 0 radical (unpaired) electrons. The van der Waals surface area contributed by atoms with Gasteiger partial charge in [-0.2, -0.15) is 13.2 Å². The molecule has 0 bridgehead atoms. The summed E-state index contributed by atoms with van der Waals surface area (Å²) < 4.78 is 48.1. The van der Waals surface area contributed by atoms with E-state index < -0.39 is 17.6 Å². The molecule has 1 aliphatic rings. The molecule has 1 aromatic heterocycles. The predicted molar refractivity (Wildman–Crippen MR) is 120 cm³/mol. The normalized spacial score (nSPS) is 13.8. The zero-order valence-corrected chi connectivity index (χ0v) is 18.9. The molecule has 1 fully saturated rings. The Morgan fingerprint density at radius 3 is 2.48 bits per heavy atom. The molecule has 1 aliphatic carbocycles. The summed E-state index contributed by atoms with van der Waals surface area (Å²) in [5.41, 5.74) is 1.28. The molecule has 5 nitrogen and oxygen atoms in total. The third kappa shape index (κ3) is 5.33. The van der Waals surface area contributed by atoms with Crippen LogP contribution in [0.5, 0.6) is 5.75 Å². The summed E-state index contributed by atoms with van der Waals surface area (Å²) in [5.74, 6) is 0.240. The summed E-state index contributed by atoms with van der Waals surface area (Å²) in [4.78, 5) is 16.9. The third-order valence-electron chi connectivity index (χ3n) is 5.64. The maximum atomic E-state index is 13.5. The lowest BCUT2D eigenvalue weighted by Crippen LogP contribution is -2.19. The van der Waals surface area contributed by atoms with Crippen LogP contribution < -0.4 is 10.1 Å². The second kappa shape index (κ2) is 9.09. The van der Waals surface area contributed by atoms with Crippen LogP contribution in [0.4, 0.5) is 18.9 Å². The Balaban J connectivity index is 1.51. The van der Waals surface area contributed by atoms with Crippen molar-refractivity contribution in [1.29, 1.82) is 0 Å². The monoisotopic (exact) mass is 477 g/mol. The number of hydrogen-bond acceptors (Lipinski definition) is 3. The lowest BCUT2D eigenvalue weighted by Gasteiger charge is -2.17. The molecule has 9 heteroatoms. The fourth-order valence-corrected chi connectivity index (χ4v) is 4.07. The molecular weight excluding hydrogens is 455 g/mol. The van der Waals surface area contributed by atoms with E-state index in [2.05, 4.69) is 10.3 Å². The van der Waals surface area contributed by atoms with Crippen LogP contribution in [0, 0.1) is 13.8 Å². The summed E-state index contributed by atoms with van der Waals surface area (Å²) in [6, 6.07) is 7.38. The Labute approximate surface area is 194 Å². The highest BCUT2D eigenvalue weighted by Gasteiger charge is 2.35. The van der Waals surface area contributed by atoms with Gasteiger partial charge in [-0.3, -0.25) is 4.79 Å². The Morgan fingerprint density at radius 2 is 1.91 bits per heavy atom. The van der Waals surface area contributed by atoms with Crippen molar-refractivity contribution in [2.75, 3.05) is 11.9 Å². The van der Waals surface area contributed by atoms with Crippen LogP contribution in [-0.2, 0) is 12.7 Å². The predicted octanol–water partition coefficient (Wildman–Crippen LogP) is 6.38. The summed E-state index contributed by atoms with van der Waals surface area (Å²) in [5, 5.41) is 2.86. The molecule has 1 amide bonds. The number of alkyl halides is 3. The van der Waals surface area contributed by atoms with Crippen molar-refractivity contribution in [3.05, 3.63) is 75.8 Å². The summed E-state index contributed by atoms with van der Waals surface area (Å²) in [6.07, 6.45) is 0.666. The molecular formula is C24H23ClF3N3O2. The van der Waals surface area contributed by atoms with Gasteiger partial charge in [0.1, 0.15) is 12.4 Å². The fourth-order valence-electron chi connectivity index (χ4n) is 3.87. The van der Waals surface area contributed by atoms with Crippen molar-refractivity contribution in [3.63, 3.8) is 0 Å². The Kier molecular flexibility index (Phi) is 6.38. The quantitative estimate of drug-likeness (QED) is 0.429. The van der Waals surface area contributed by atoms with E-state index in [1.54, 1.807) is 42.9 Å². The average molecular weight is 478 g/mol. The molecule has 174 valence electrons. The van der Waals surface area contributed by atoms with E-state index in [1.165, 1.54) is 12.1 Å². The first-order valence-electron chi connectivity index (χ1n) is 10.6. The van der Waals surface area contributed by atoms with Crippen LogP contribution in [0.1, 0.15) is 51.4 Å². The van der Waals surface area contributed by atoms with Gasteiger partial charge in [0.25, 0.3) is 5.91 Å². The van der Waals surface area contributed by atoms with Gasteiger partial charge in [0.15, 0.2) is 0 Å². The van der Waals surface area contributed by atoms with Crippen molar-refractivity contribution in [2.24, 2.45) is 0 Å². The highest BCUT2D eigenvalue weighted by molar-refractivity contribution is 6.28. The molecule has 0 spiro atoms. The van der Waals surface area contributed by atoms with Gasteiger partial charge in [0.2, 0.25) is 5.28 Å². The van der Waals surface area contributed by atoms with Gasteiger partial charge in [-0.25, -0.2) is 4.98 Å². The lowest BCUT2D eigenvalue weighted by atomic mass is 10.0. The first-order valence-corrected chi connectivity index (χ1v) is 10.9. The number of halogens is 4. The van der Waals surface area contributed by atoms with Gasteiger partial charge in [0.05, 0.1) is 17.8 Å². The topological polar surface area (TPSA) is 56.2 Å². The molecule has 1 N–H and O–H groups in total. The number of aromatic nitrogens is 2. The number of hydrogen-bond donors (Lipinski definition) is 1. The zero-order chi connectivity index (χ0) is 23.8. The van der Waals surface area contributed by atoms with Gasteiger partial charge < -0.3 is 14.6 Å².